The van der Waals surface area contributed by atoms with Crippen molar-refractivity contribution in [1.82, 2.24) is 0 Å². The van der Waals surface area contributed by atoms with Crippen LogP contribution in [0.3, 0.4) is 0 Å². The van der Waals surface area contributed by atoms with Crippen molar-refractivity contribution in [3.63, 3.8) is 0 Å². The Labute approximate surface area is 138 Å². The molecule has 2 rings (SSSR count). The fraction of sp³-hybridized carbons (Fsp3) is 0.350. The lowest BCUT2D eigenvalue weighted by molar-refractivity contribution is -0.155. The van der Waals surface area contributed by atoms with E-state index in [1.54, 1.807) is 48.6 Å². The van der Waals surface area contributed by atoms with Crippen molar-refractivity contribution in [2.45, 2.75) is 39.7 Å². The Morgan fingerprint density at radius 2 is 1.70 bits per heavy atom. The predicted molar refractivity (Wildman–Crippen MR) is 94.1 cm³/mol. The maximum Gasteiger partial charge on any atom is 0.345 e. The SMILES string of the molecule is CC1(C)C=CC=C(C(O)(C(=O)O)c2ccccc2)C=C1.CCC. The lowest BCUT2D eigenvalue weighted by atomic mass is 9.85. The molecule has 3 nitrogen and oxygen atoms in total. The highest BCUT2D eigenvalue weighted by molar-refractivity contribution is 5.84. The summed E-state index contributed by atoms with van der Waals surface area (Å²) in [6, 6.07) is 8.44. The summed E-state index contributed by atoms with van der Waals surface area (Å²) in [6.07, 6.45) is 10.2. The zero-order chi connectivity index (χ0) is 17.5. The highest BCUT2D eigenvalue weighted by Crippen LogP contribution is 2.34. The fourth-order valence-corrected chi connectivity index (χ4v) is 2.15. The van der Waals surface area contributed by atoms with Crippen molar-refractivity contribution >= 4 is 5.97 Å². The number of allylic oxidation sites excluding steroid dienone is 4. The Balaban J connectivity index is 0.000000816. The minimum atomic E-state index is -2.04. The van der Waals surface area contributed by atoms with Gasteiger partial charge in [-0.1, -0.05) is 94.8 Å². The third-order valence-corrected chi connectivity index (χ3v) is 3.41. The lowest BCUT2D eigenvalue weighted by Crippen LogP contribution is -2.37. The molecular weight excluding hydrogens is 288 g/mol. The standard InChI is InChI=1S/C17H18O3.C3H8/c1-16(2)11-6-9-14(10-12-16)17(20,15(18)19)13-7-4-3-5-8-13;1-3-2/h3-12,20H,1-2H3,(H,18,19);3H2,1-2H3. The van der Waals surface area contributed by atoms with E-state index in [1.807, 2.05) is 26.0 Å². The number of carbonyl (C=O) groups is 1. The first-order chi connectivity index (χ1) is 10.8. The molecular formula is C20H26O3. The van der Waals surface area contributed by atoms with E-state index in [-0.39, 0.29) is 5.41 Å². The van der Waals surface area contributed by atoms with Crippen LogP contribution in [0.1, 0.15) is 39.7 Å². The van der Waals surface area contributed by atoms with Gasteiger partial charge in [0.25, 0.3) is 0 Å². The normalized spacial score (nSPS) is 18.0. The molecule has 2 N–H and O–H groups in total. The molecule has 1 unspecified atom stereocenters. The van der Waals surface area contributed by atoms with E-state index in [1.165, 1.54) is 6.42 Å². The van der Waals surface area contributed by atoms with Crippen LogP contribution in [0.15, 0.2) is 66.3 Å². The number of benzene rings is 1. The van der Waals surface area contributed by atoms with Crippen LogP contribution in [0.5, 0.6) is 0 Å². The van der Waals surface area contributed by atoms with Crippen LogP contribution in [-0.2, 0) is 10.4 Å². The molecule has 0 heterocycles. The lowest BCUT2D eigenvalue weighted by Gasteiger charge is -2.25. The number of aliphatic hydroxyl groups is 1. The van der Waals surface area contributed by atoms with E-state index >= 15 is 0 Å². The highest BCUT2D eigenvalue weighted by atomic mass is 16.4. The highest BCUT2D eigenvalue weighted by Gasteiger charge is 2.41. The minimum absolute atomic E-state index is 0.172. The van der Waals surface area contributed by atoms with Crippen molar-refractivity contribution in [2.75, 3.05) is 0 Å². The van der Waals surface area contributed by atoms with Crippen molar-refractivity contribution in [3.8, 4) is 0 Å². The first-order valence-electron chi connectivity index (χ1n) is 7.88. The largest absolute Gasteiger partial charge is 0.479 e. The Morgan fingerprint density at radius 1 is 1.13 bits per heavy atom. The van der Waals surface area contributed by atoms with E-state index < -0.39 is 11.6 Å². The third-order valence-electron chi connectivity index (χ3n) is 3.41. The van der Waals surface area contributed by atoms with Crippen LogP contribution in [-0.4, -0.2) is 16.2 Å². The molecule has 3 heteroatoms. The van der Waals surface area contributed by atoms with Crippen LogP contribution in [0, 0.1) is 5.41 Å². The van der Waals surface area contributed by atoms with Gasteiger partial charge in [0.05, 0.1) is 0 Å². The molecule has 23 heavy (non-hydrogen) atoms. The minimum Gasteiger partial charge on any atom is -0.479 e. The monoisotopic (exact) mass is 314 g/mol. The molecule has 124 valence electrons. The summed E-state index contributed by atoms with van der Waals surface area (Å²) in [4.78, 5) is 11.6. The van der Waals surface area contributed by atoms with Crippen molar-refractivity contribution in [2.24, 2.45) is 5.41 Å². The second-order valence-corrected chi connectivity index (χ2v) is 6.22. The fourth-order valence-electron chi connectivity index (χ4n) is 2.15. The molecule has 0 saturated carbocycles. The van der Waals surface area contributed by atoms with Gasteiger partial charge in [-0.05, 0) is 11.1 Å². The van der Waals surface area contributed by atoms with Crippen LogP contribution >= 0.6 is 0 Å². The van der Waals surface area contributed by atoms with Gasteiger partial charge in [0.15, 0.2) is 0 Å². The molecule has 0 amide bonds. The van der Waals surface area contributed by atoms with Gasteiger partial charge in [-0.25, -0.2) is 4.79 Å². The molecule has 1 aromatic carbocycles. The van der Waals surface area contributed by atoms with Gasteiger partial charge in [-0.2, -0.15) is 0 Å². The number of carboxylic acid groups (broad SMARTS) is 1. The number of rotatable bonds is 3. The average molecular weight is 314 g/mol. The Morgan fingerprint density at radius 3 is 2.22 bits per heavy atom. The predicted octanol–water partition coefficient (Wildman–Crippen LogP) is 4.45. The van der Waals surface area contributed by atoms with Crippen LogP contribution in [0.25, 0.3) is 0 Å². The zero-order valence-corrected chi connectivity index (χ0v) is 14.3. The molecule has 0 fully saturated rings. The van der Waals surface area contributed by atoms with Gasteiger partial charge in [0.1, 0.15) is 0 Å². The molecule has 0 radical (unpaired) electrons. The van der Waals surface area contributed by atoms with Gasteiger partial charge in [-0.15, -0.1) is 0 Å². The van der Waals surface area contributed by atoms with Crippen molar-refractivity contribution in [3.05, 3.63) is 71.8 Å². The molecule has 0 spiro atoms. The Kier molecular flexibility index (Phi) is 6.52. The van der Waals surface area contributed by atoms with Crippen LogP contribution < -0.4 is 0 Å². The van der Waals surface area contributed by atoms with Crippen LogP contribution in [0.2, 0.25) is 0 Å². The smallest absolute Gasteiger partial charge is 0.345 e. The van der Waals surface area contributed by atoms with E-state index in [0.717, 1.165) is 0 Å². The zero-order valence-electron chi connectivity index (χ0n) is 14.3. The van der Waals surface area contributed by atoms with Crippen molar-refractivity contribution in [1.29, 1.82) is 0 Å². The summed E-state index contributed by atoms with van der Waals surface area (Å²) in [7, 11) is 0. The molecule has 0 aromatic heterocycles. The number of hydrogen-bond acceptors (Lipinski definition) is 2. The third kappa shape index (κ3) is 4.67. The summed E-state index contributed by atoms with van der Waals surface area (Å²) in [5, 5.41) is 20.2. The van der Waals surface area contributed by atoms with Gasteiger partial charge < -0.3 is 10.2 Å². The van der Waals surface area contributed by atoms with Gasteiger partial charge >= 0.3 is 5.97 Å². The first-order valence-corrected chi connectivity index (χ1v) is 7.88. The van der Waals surface area contributed by atoms with E-state index in [9.17, 15) is 15.0 Å². The summed E-state index contributed by atoms with van der Waals surface area (Å²) < 4.78 is 0. The number of carboxylic acids is 1. The van der Waals surface area contributed by atoms with E-state index in [4.69, 9.17) is 0 Å². The maximum atomic E-state index is 11.6. The van der Waals surface area contributed by atoms with Gasteiger partial charge in [-0.3, -0.25) is 0 Å². The molecule has 1 aromatic rings. The first kappa shape index (κ1) is 18.9. The van der Waals surface area contributed by atoms with E-state index in [0.29, 0.717) is 11.1 Å². The summed E-state index contributed by atoms with van der Waals surface area (Å²) in [5.74, 6) is -1.28. The van der Waals surface area contributed by atoms with Gasteiger partial charge in [0, 0.05) is 5.41 Å². The van der Waals surface area contributed by atoms with Crippen LogP contribution in [0.4, 0.5) is 0 Å². The summed E-state index contributed by atoms with van der Waals surface area (Å²) in [6.45, 7) is 8.28. The van der Waals surface area contributed by atoms with Crippen molar-refractivity contribution < 1.29 is 15.0 Å². The Hall–Kier alpha value is -2.13. The molecule has 0 saturated heterocycles. The second-order valence-electron chi connectivity index (χ2n) is 6.22. The maximum absolute atomic E-state index is 11.6. The topological polar surface area (TPSA) is 57.5 Å². The molecule has 1 aliphatic rings. The Bertz CT molecular complexity index is 609. The summed E-state index contributed by atoms with van der Waals surface area (Å²) >= 11 is 0. The molecule has 0 bridgehead atoms. The number of aliphatic carboxylic acids is 1. The molecule has 0 aliphatic heterocycles. The number of hydrogen-bond donors (Lipinski definition) is 2. The van der Waals surface area contributed by atoms with E-state index in [2.05, 4.69) is 13.8 Å². The summed E-state index contributed by atoms with van der Waals surface area (Å²) in [5.41, 5.74) is -1.52. The second kappa shape index (κ2) is 7.93. The average Bonchev–Trinajstić information content (AvgIpc) is 2.69. The molecule has 1 atom stereocenters. The quantitative estimate of drug-likeness (QED) is 0.866. The molecule has 1 aliphatic carbocycles. The van der Waals surface area contributed by atoms with Gasteiger partial charge in [0.2, 0.25) is 5.60 Å².